The van der Waals surface area contributed by atoms with E-state index >= 15 is 0 Å². The summed E-state index contributed by atoms with van der Waals surface area (Å²) in [5, 5.41) is 3.04. The minimum Gasteiger partial charge on any atom is -0.378 e. The van der Waals surface area contributed by atoms with E-state index in [1.807, 2.05) is 24.0 Å². The lowest BCUT2D eigenvalue weighted by atomic mass is 10.1. The first kappa shape index (κ1) is 26.8. The molecule has 214 valence electrons. The Bertz CT molecular complexity index is 1450. The van der Waals surface area contributed by atoms with Crippen molar-refractivity contribution in [3.05, 3.63) is 47.3 Å². The number of likely N-dealkylation sites (N-methyl/N-ethyl adjacent to an activating group) is 1. The van der Waals surface area contributed by atoms with Gasteiger partial charge in [0.15, 0.2) is 0 Å². The van der Waals surface area contributed by atoms with E-state index in [-0.39, 0.29) is 17.9 Å². The second-order valence-electron chi connectivity index (χ2n) is 10.6. The highest BCUT2D eigenvalue weighted by Crippen LogP contribution is 2.36. The molecular weight excluding hydrogens is 524 g/mol. The number of ether oxygens (including phenoxy) is 1. The fourth-order valence-electron chi connectivity index (χ4n) is 5.31. The number of amides is 3. The van der Waals surface area contributed by atoms with Gasteiger partial charge in [-0.05, 0) is 38.1 Å². The van der Waals surface area contributed by atoms with Crippen LogP contribution < -0.4 is 20.9 Å². The van der Waals surface area contributed by atoms with Gasteiger partial charge in [-0.15, -0.1) is 0 Å². The van der Waals surface area contributed by atoms with Gasteiger partial charge in [-0.3, -0.25) is 9.69 Å². The summed E-state index contributed by atoms with van der Waals surface area (Å²) in [6, 6.07) is 5.14. The van der Waals surface area contributed by atoms with Crippen molar-refractivity contribution in [2.24, 2.45) is 0 Å². The molecule has 0 unspecified atom stereocenters. The standard InChI is InChI=1S/C28H34N10O3/c1-18-3-4-19(25(39)36-9-7-35(2)8-10-36)15-22(18)32-28(40)38-6-5-21-23(20-16-30-26(29)31-17-20)33-27(34-24(21)38)37-11-13-41-14-12-37/h3-4,15-17H,5-14H2,1-2H3,(H,32,40)(H2,29,30,31). The molecule has 0 aliphatic carbocycles. The van der Waals surface area contributed by atoms with Crippen LogP contribution in [0.15, 0.2) is 30.6 Å². The van der Waals surface area contributed by atoms with Crippen LogP contribution in [0.25, 0.3) is 11.3 Å². The molecule has 3 aliphatic heterocycles. The lowest BCUT2D eigenvalue weighted by molar-refractivity contribution is 0.0664. The van der Waals surface area contributed by atoms with Crippen LogP contribution in [-0.4, -0.2) is 108 Å². The van der Waals surface area contributed by atoms with Gasteiger partial charge in [0.1, 0.15) is 5.82 Å². The average Bonchev–Trinajstić information content (AvgIpc) is 3.43. The number of nitrogens with zero attached hydrogens (tertiary/aromatic N) is 8. The number of aromatic nitrogens is 4. The molecular formula is C28H34N10O3. The van der Waals surface area contributed by atoms with Gasteiger partial charge in [0.25, 0.3) is 5.91 Å². The Hall–Kier alpha value is -4.36. The number of nitrogen functional groups attached to an aromatic ring is 1. The Morgan fingerprint density at radius 1 is 0.976 bits per heavy atom. The number of benzene rings is 1. The van der Waals surface area contributed by atoms with Crippen LogP contribution in [-0.2, 0) is 11.2 Å². The van der Waals surface area contributed by atoms with Crippen LogP contribution in [0.5, 0.6) is 0 Å². The van der Waals surface area contributed by atoms with Crippen LogP contribution in [0, 0.1) is 6.92 Å². The van der Waals surface area contributed by atoms with Crippen LogP contribution >= 0.6 is 0 Å². The molecule has 2 fully saturated rings. The van der Waals surface area contributed by atoms with E-state index in [9.17, 15) is 9.59 Å². The largest absolute Gasteiger partial charge is 0.378 e. The quantitative estimate of drug-likeness (QED) is 0.485. The molecule has 5 heterocycles. The molecule has 0 atom stereocenters. The molecule has 3 aromatic rings. The van der Waals surface area contributed by atoms with Gasteiger partial charge in [0.05, 0.1) is 18.9 Å². The Morgan fingerprint density at radius 2 is 1.71 bits per heavy atom. The number of nitrogens with one attached hydrogen (secondary N) is 1. The van der Waals surface area contributed by atoms with Crippen LogP contribution in [0.4, 0.5) is 28.2 Å². The fraction of sp³-hybridized carbons (Fsp3) is 0.429. The van der Waals surface area contributed by atoms with Gasteiger partial charge >= 0.3 is 6.03 Å². The van der Waals surface area contributed by atoms with Crippen molar-refractivity contribution >= 4 is 35.3 Å². The van der Waals surface area contributed by atoms with Gasteiger partial charge in [-0.1, -0.05) is 6.07 Å². The van der Waals surface area contributed by atoms with Crippen molar-refractivity contribution < 1.29 is 14.3 Å². The van der Waals surface area contributed by atoms with Gasteiger partial charge in [0, 0.05) is 80.6 Å². The zero-order valence-corrected chi connectivity index (χ0v) is 23.3. The highest BCUT2D eigenvalue weighted by molar-refractivity contribution is 6.04. The Kier molecular flexibility index (Phi) is 7.37. The number of anilines is 4. The second kappa shape index (κ2) is 11.3. The van der Waals surface area contributed by atoms with Crippen LogP contribution in [0.1, 0.15) is 21.5 Å². The number of rotatable bonds is 4. The van der Waals surface area contributed by atoms with Crippen molar-refractivity contribution in [2.75, 3.05) is 86.9 Å². The van der Waals surface area contributed by atoms with Gasteiger partial charge in [-0.2, -0.15) is 4.98 Å². The van der Waals surface area contributed by atoms with Crippen molar-refractivity contribution in [2.45, 2.75) is 13.3 Å². The number of carbonyl (C=O) groups is 2. The minimum atomic E-state index is -0.317. The number of piperazine rings is 1. The molecule has 13 nitrogen and oxygen atoms in total. The minimum absolute atomic E-state index is 0.0293. The van der Waals surface area contributed by atoms with E-state index in [0.717, 1.165) is 24.2 Å². The molecule has 13 heteroatoms. The normalized spacial score (nSPS) is 17.5. The highest BCUT2D eigenvalue weighted by Gasteiger charge is 2.32. The first-order valence-electron chi connectivity index (χ1n) is 13.9. The van der Waals surface area contributed by atoms with Crippen molar-refractivity contribution in [3.8, 4) is 11.3 Å². The van der Waals surface area contributed by atoms with Gasteiger partial charge < -0.3 is 30.5 Å². The number of urea groups is 1. The summed E-state index contributed by atoms with van der Waals surface area (Å²) in [6.45, 7) is 7.85. The second-order valence-corrected chi connectivity index (χ2v) is 10.6. The maximum atomic E-state index is 13.7. The first-order chi connectivity index (χ1) is 19.9. The summed E-state index contributed by atoms with van der Waals surface area (Å²) in [5.41, 5.74) is 9.98. The molecule has 6 rings (SSSR count). The fourth-order valence-corrected chi connectivity index (χ4v) is 5.31. The molecule has 0 saturated carbocycles. The van der Waals surface area contributed by atoms with Crippen molar-refractivity contribution in [1.82, 2.24) is 29.7 Å². The molecule has 0 radical (unpaired) electrons. The van der Waals surface area contributed by atoms with Gasteiger partial charge in [0.2, 0.25) is 11.9 Å². The Morgan fingerprint density at radius 3 is 2.44 bits per heavy atom. The summed E-state index contributed by atoms with van der Waals surface area (Å²) in [4.78, 5) is 52.7. The third-order valence-corrected chi connectivity index (χ3v) is 7.82. The predicted octanol–water partition coefficient (Wildman–Crippen LogP) is 1.64. The summed E-state index contributed by atoms with van der Waals surface area (Å²) < 4.78 is 5.51. The van der Waals surface area contributed by atoms with Crippen LogP contribution in [0.2, 0.25) is 0 Å². The highest BCUT2D eigenvalue weighted by atomic mass is 16.5. The average molecular weight is 559 g/mol. The monoisotopic (exact) mass is 558 g/mol. The molecule has 0 bridgehead atoms. The number of morpholine rings is 1. The summed E-state index contributed by atoms with van der Waals surface area (Å²) in [7, 11) is 2.05. The van der Waals surface area contributed by atoms with E-state index < -0.39 is 0 Å². The summed E-state index contributed by atoms with van der Waals surface area (Å²) in [5.74, 6) is 1.22. The molecule has 41 heavy (non-hydrogen) atoms. The molecule has 2 aromatic heterocycles. The van der Waals surface area contributed by atoms with Crippen LogP contribution in [0.3, 0.4) is 0 Å². The molecule has 0 spiro atoms. The Labute approximate surface area is 238 Å². The van der Waals surface area contributed by atoms with E-state index in [4.69, 9.17) is 20.4 Å². The molecule has 2 saturated heterocycles. The maximum Gasteiger partial charge on any atom is 0.327 e. The van der Waals surface area contributed by atoms with E-state index in [1.54, 1.807) is 23.4 Å². The third kappa shape index (κ3) is 5.50. The zero-order chi connectivity index (χ0) is 28.5. The number of nitrogens with two attached hydrogens (primary N) is 1. The third-order valence-electron chi connectivity index (χ3n) is 7.82. The van der Waals surface area contributed by atoms with E-state index in [1.165, 1.54) is 0 Å². The SMILES string of the molecule is Cc1ccc(C(=O)N2CCN(C)CC2)cc1NC(=O)N1CCc2c(-c3cnc(N)nc3)nc(N3CCOCC3)nc21. The number of fused-ring (bicyclic) bond motifs is 1. The first-order valence-corrected chi connectivity index (χ1v) is 13.9. The smallest absolute Gasteiger partial charge is 0.327 e. The van der Waals surface area contributed by atoms with Gasteiger partial charge in [-0.25, -0.2) is 19.7 Å². The topological polar surface area (TPSA) is 146 Å². The maximum absolute atomic E-state index is 13.7. The number of aryl methyl sites for hydroxylation is 1. The molecule has 3 aliphatic rings. The lowest BCUT2D eigenvalue weighted by Crippen LogP contribution is -2.47. The molecule has 3 N–H and O–H groups in total. The van der Waals surface area contributed by atoms with E-state index in [2.05, 4.69) is 32.1 Å². The number of carbonyl (C=O) groups excluding carboxylic acids is 2. The predicted molar refractivity (Wildman–Crippen MR) is 155 cm³/mol. The summed E-state index contributed by atoms with van der Waals surface area (Å²) in [6.07, 6.45) is 3.86. The van der Waals surface area contributed by atoms with Crippen molar-refractivity contribution in [3.63, 3.8) is 0 Å². The zero-order valence-electron chi connectivity index (χ0n) is 23.3. The number of hydrogen-bond acceptors (Lipinski definition) is 10. The van der Waals surface area contributed by atoms with E-state index in [0.29, 0.717) is 86.6 Å². The van der Waals surface area contributed by atoms with Crippen molar-refractivity contribution in [1.29, 1.82) is 0 Å². The number of hydrogen-bond donors (Lipinski definition) is 2. The molecule has 1 aromatic carbocycles. The Balaban J connectivity index is 1.28. The molecule has 3 amide bonds. The summed E-state index contributed by atoms with van der Waals surface area (Å²) >= 11 is 0. The lowest BCUT2D eigenvalue weighted by Gasteiger charge is -2.32.